The lowest BCUT2D eigenvalue weighted by Gasteiger charge is -2.06. The third-order valence-corrected chi connectivity index (χ3v) is 2.86. The molecule has 0 saturated heterocycles. The van der Waals surface area contributed by atoms with E-state index in [1.54, 1.807) is 31.4 Å². The Morgan fingerprint density at radius 2 is 2.16 bits per heavy atom. The molecule has 2 N–H and O–H groups in total. The first-order valence-electron chi connectivity index (χ1n) is 5.85. The van der Waals surface area contributed by atoms with Crippen molar-refractivity contribution < 1.29 is 4.79 Å². The number of amides is 1. The van der Waals surface area contributed by atoms with Gasteiger partial charge in [-0.05, 0) is 29.8 Å². The Bertz CT molecular complexity index is 569. The molecule has 2 rings (SSSR count). The average Bonchev–Trinajstić information content (AvgIpc) is 2.45. The van der Waals surface area contributed by atoms with Gasteiger partial charge >= 0.3 is 0 Å². The molecule has 1 heterocycles. The topological polar surface area (TPSA) is 54.0 Å². The molecule has 19 heavy (non-hydrogen) atoms. The second-order valence-electron chi connectivity index (χ2n) is 3.99. The van der Waals surface area contributed by atoms with Crippen LogP contribution in [0, 0.1) is 0 Å². The zero-order valence-corrected chi connectivity index (χ0v) is 11.2. The number of carbonyl (C=O) groups is 1. The molecule has 0 unspecified atom stereocenters. The van der Waals surface area contributed by atoms with Crippen LogP contribution in [0.3, 0.4) is 0 Å². The fourth-order valence-corrected chi connectivity index (χ4v) is 1.82. The van der Waals surface area contributed by atoms with E-state index in [1.165, 1.54) is 0 Å². The fraction of sp³-hybridized carbons (Fsp3) is 0.143. The number of carbonyl (C=O) groups excluding carboxylic acids is 1. The number of benzene rings is 1. The fourth-order valence-electron chi connectivity index (χ4n) is 1.61. The second-order valence-corrected chi connectivity index (χ2v) is 4.43. The molecule has 0 aliphatic rings. The lowest BCUT2D eigenvalue weighted by molar-refractivity contribution is 0.0950. The van der Waals surface area contributed by atoms with Gasteiger partial charge < -0.3 is 10.6 Å². The molecular weight excluding hydrogens is 262 g/mol. The highest BCUT2D eigenvalue weighted by atomic mass is 35.5. The van der Waals surface area contributed by atoms with Crippen LogP contribution in [0.2, 0.25) is 5.02 Å². The predicted molar refractivity (Wildman–Crippen MR) is 76.4 cm³/mol. The summed E-state index contributed by atoms with van der Waals surface area (Å²) >= 11 is 5.88. The summed E-state index contributed by atoms with van der Waals surface area (Å²) in [6.45, 7) is 0.438. The van der Waals surface area contributed by atoms with Gasteiger partial charge in [-0.25, -0.2) is 4.98 Å². The van der Waals surface area contributed by atoms with Crippen LogP contribution in [0.1, 0.15) is 15.9 Å². The Balaban J connectivity index is 1.97. The van der Waals surface area contributed by atoms with Gasteiger partial charge in [-0.2, -0.15) is 0 Å². The minimum absolute atomic E-state index is 0.157. The number of anilines is 1. The minimum atomic E-state index is -0.157. The molecule has 98 valence electrons. The maximum Gasteiger partial charge on any atom is 0.253 e. The minimum Gasteiger partial charge on any atom is -0.373 e. The number of nitrogens with one attached hydrogen (secondary N) is 2. The molecule has 0 aliphatic carbocycles. The normalized spacial score (nSPS) is 10.0. The molecule has 5 heteroatoms. The van der Waals surface area contributed by atoms with Crippen LogP contribution in [0.25, 0.3) is 0 Å². The van der Waals surface area contributed by atoms with Crippen molar-refractivity contribution in [2.45, 2.75) is 6.54 Å². The summed E-state index contributed by atoms with van der Waals surface area (Å²) < 4.78 is 0. The molecule has 1 amide bonds. The van der Waals surface area contributed by atoms with Crippen LogP contribution in [-0.2, 0) is 6.54 Å². The zero-order valence-electron chi connectivity index (χ0n) is 10.5. The van der Waals surface area contributed by atoms with Crippen LogP contribution >= 0.6 is 11.6 Å². The van der Waals surface area contributed by atoms with E-state index in [-0.39, 0.29) is 5.91 Å². The van der Waals surface area contributed by atoms with E-state index in [2.05, 4.69) is 15.6 Å². The number of hydrogen-bond donors (Lipinski definition) is 2. The molecule has 1 aromatic heterocycles. The van der Waals surface area contributed by atoms with Gasteiger partial charge in [0, 0.05) is 24.8 Å². The number of aromatic nitrogens is 1. The number of hydrogen-bond acceptors (Lipinski definition) is 3. The summed E-state index contributed by atoms with van der Waals surface area (Å²) in [6, 6.07) is 10.9. The first-order chi connectivity index (χ1) is 9.19. The number of nitrogens with zero attached hydrogens (tertiary/aromatic N) is 1. The Kier molecular flexibility index (Phi) is 4.36. The highest BCUT2D eigenvalue weighted by Gasteiger charge is 2.05. The molecule has 2 aromatic rings. The van der Waals surface area contributed by atoms with Crippen molar-refractivity contribution in [2.24, 2.45) is 0 Å². The molecule has 4 nitrogen and oxygen atoms in total. The van der Waals surface area contributed by atoms with Gasteiger partial charge in [0.05, 0.1) is 5.56 Å². The van der Waals surface area contributed by atoms with Crippen molar-refractivity contribution in [1.29, 1.82) is 0 Å². The van der Waals surface area contributed by atoms with Gasteiger partial charge in [0.1, 0.15) is 5.82 Å². The number of rotatable bonds is 4. The molecule has 0 fully saturated rings. The average molecular weight is 276 g/mol. The SMILES string of the molecule is CNc1ccc(C(=O)NCc2cccc(Cl)c2)cn1. The standard InChI is InChI=1S/C14H14ClN3O/c1-16-13-6-5-11(9-17-13)14(19)18-8-10-3-2-4-12(15)7-10/h2-7,9H,8H2,1H3,(H,16,17)(H,18,19). The molecule has 0 aliphatic heterocycles. The lowest BCUT2D eigenvalue weighted by atomic mass is 10.2. The van der Waals surface area contributed by atoms with E-state index in [0.29, 0.717) is 17.1 Å². The summed E-state index contributed by atoms with van der Waals surface area (Å²) in [7, 11) is 1.78. The molecule has 0 spiro atoms. The summed E-state index contributed by atoms with van der Waals surface area (Å²) in [5, 5.41) is 6.38. The van der Waals surface area contributed by atoms with Crippen molar-refractivity contribution >= 4 is 23.3 Å². The summed E-state index contributed by atoms with van der Waals surface area (Å²) in [5.74, 6) is 0.571. The van der Waals surface area contributed by atoms with Crippen LogP contribution in [0.5, 0.6) is 0 Å². The smallest absolute Gasteiger partial charge is 0.253 e. The Morgan fingerprint density at radius 3 is 2.79 bits per heavy atom. The van der Waals surface area contributed by atoms with Gasteiger partial charge in [-0.3, -0.25) is 4.79 Å². The van der Waals surface area contributed by atoms with Crippen molar-refractivity contribution in [1.82, 2.24) is 10.3 Å². The third-order valence-electron chi connectivity index (χ3n) is 2.62. The highest BCUT2D eigenvalue weighted by molar-refractivity contribution is 6.30. The van der Waals surface area contributed by atoms with Gasteiger partial charge in [0.2, 0.25) is 0 Å². The van der Waals surface area contributed by atoms with Crippen LogP contribution in [0.4, 0.5) is 5.82 Å². The highest BCUT2D eigenvalue weighted by Crippen LogP contribution is 2.10. The number of halogens is 1. The zero-order chi connectivity index (χ0) is 13.7. The quantitative estimate of drug-likeness (QED) is 0.902. The number of pyridine rings is 1. The van der Waals surface area contributed by atoms with E-state index in [4.69, 9.17) is 11.6 Å². The molecule has 0 radical (unpaired) electrons. The van der Waals surface area contributed by atoms with Crippen molar-refractivity contribution in [3.63, 3.8) is 0 Å². The van der Waals surface area contributed by atoms with Crippen molar-refractivity contribution in [2.75, 3.05) is 12.4 Å². The largest absolute Gasteiger partial charge is 0.373 e. The second kappa shape index (κ2) is 6.20. The van der Waals surface area contributed by atoms with E-state index >= 15 is 0 Å². The van der Waals surface area contributed by atoms with Gasteiger partial charge in [0.25, 0.3) is 5.91 Å². The van der Waals surface area contributed by atoms with E-state index in [1.807, 2.05) is 18.2 Å². The predicted octanol–water partition coefficient (Wildman–Crippen LogP) is 2.71. The third kappa shape index (κ3) is 3.69. The van der Waals surface area contributed by atoms with Gasteiger partial charge in [0.15, 0.2) is 0 Å². The maximum atomic E-state index is 11.9. The Morgan fingerprint density at radius 1 is 1.32 bits per heavy atom. The molecule has 1 aromatic carbocycles. The Labute approximate surface area is 116 Å². The summed E-state index contributed by atoms with van der Waals surface area (Å²) in [6.07, 6.45) is 1.54. The van der Waals surface area contributed by atoms with E-state index in [0.717, 1.165) is 11.4 Å². The monoisotopic (exact) mass is 275 g/mol. The molecular formula is C14H14ClN3O. The molecule has 0 bridgehead atoms. The first kappa shape index (κ1) is 13.4. The van der Waals surface area contributed by atoms with Crippen LogP contribution in [-0.4, -0.2) is 17.9 Å². The summed E-state index contributed by atoms with van der Waals surface area (Å²) in [4.78, 5) is 16.0. The van der Waals surface area contributed by atoms with E-state index < -0.39 is 0 Å². The Hall–Kier alpha value is -2.07. The molecule has 0 saturated carbocycles. The maximum absolute atomic E-state index is 11.9. The van der Waals surface area contributed by atoms with Crippen molar-refractivity contribution in [3.05, 3.63) is 58.7 Å². The first-order valence-corrected chi connectivity index (χ1v) is 6.23. The van der Waals surface area contributed by atoms with Gasteiger partial charge in [-0.15, -0.1) is 0 Å². The lowest BCUT2D eigenvalue weighted by Crippen LogP contribution is -2.22. The summed E-state index contributed by atoms with van der Waals surface area (Å²) in [5.41, 5.74) is 1.49. The van der Waals surface area contributed by atoms with E-state index in [9.17, 15) is 4.79 Å². The van der Waals surface area contributed by atoms with Crippen LogP contribution in [0.15, 0.2) is 42.6 Å². The van der Waals surface area contributed by atoms with Crippen LogP contribution < -0.4 is 10.6 Å². The van der Waals surface area contributed by atoms with Gasteiger partial charge in [-0.1, -0.05) is 23.7 Å². The van der Waals surface area contributed by atoms with Crippen molar-refractivity contribution in [3.8, 4) is 0 Å². The molecule has 0 atom stereocenters.